The van der Waals surface area contributed by atoms with Gasteiger partial charge in [-0.25, -0.2) is 0 Å². The zero-order valence-corrected chi connectivity index (χ0v) is 11.7. The number of nitrogens with one attached hydrogen (secondary N) is 1. The van der Waals surface area contributed by atoms with Gasteiger partial charge in [0.05, 0.1) is 6.61 Å². The van der Waals surface area contributed by atoms with Crippen molar-refractivity contribution in [2.24, 2.45) is 5.41 Å². The number of nitrogens with zero attached hydrogens (tertiary/aromatic N) is 1. The van der Waals surface area contributed by atoms with Crippen molar-refractivity contribution in [3.05, 3.63) is 0 Å². The average molecular weight is 256 g/mol. The standard InChI is InChI=1S/C14H28N2O2/c1-2-15-12-14(4-9-18-10-5-14)13-16-6-3-8-17-11-7-16/h15H,2-13H2,1H3. The van der Waals surface area contributed by atoms with Gasteiger partial charge in [-0.15, -0.1) is 0 Å². The maximum absolute atomic E-state index is 5.55. The van der Waals surface area contributed by atoms with Gasteiger partial charge in [-0.2, -0.15) is 0 Å². The summed E-state index contributed by atoms with van der Waals surface area (Å²) in [4.78, 5) is 2.59. The van der Waals surface area contributed by atoms with Gasteiger partial charge < -0.3 is 19.7 Å². The van der Waals surface area contributed by atoms with Crippen LogP contribution in [-0.4, -0.2) is 64.1 Å². The largest absolute Gasteiger partial charge is 0.381 e. The molecular formula is C14H28N2O2. The first-order chi connectivity index (χ1) is 8.85. The summed E-state index contributed by atoms with van der Waals surface area (Å²) >= 11 is 0. The molecule has 0 aromatic rings. The normalized spacial score (nSPS) is 25.8. The molecule has 1 N–H and O–H groups in total. The van der Waals surface area contributed by atoms with Crippen molar-refractivity contribution in [3.8, 4) is 0 Å². The van der Waals surface area contributed by atoms with Crippen LogP contribution >= 0.6 is 0 Å². The molecule has 0 aliphatic carbocycles. The van der Waals surface area contributed by atoms with E-state index in [1.54, 1.807) is 0 Å². The summed E-state index contributed by atoms with van der Waals surface area (Å²) in [5.41, 5.74) is 0.415. The Morgan fingerprint density at radius 2 is 1.83 bits per heavy atom. The molecule has 4 heteroatoms. The minimum absolute atomic E-state index is 0.415. The van der Waals surface area contributed by atoms with Crippen LogP contribution in [0.2, 0.25) is 0 Å². The molecule has 2 aliphatic rings. The minimum atomic E-state index is 0.415. The van der Waals surface area contributed by atoms with Crippen LogP contribution in [0, 0.1) is 5.41 Å². The first-order valence-electron chi connectivity index (χ1n) is 7.43. The summed E-state index contributed by atoms with van der Waals surface area (Å²) in [6, 6.07) is 0. The lowest BCUT2D eigenvalue weighted by atomic mass is 9.79. The zero-order valence-electron chi connectivity index (χ0n) is 11.7. The molecule has 0 radical (unpaired) electrons. The molecule has 0 atom stereocenters. The Labute approximate surface area is 111 Å². The van der Waals surface area contributed by atoms with Crippen LogP contribution in [0.4, 0.5) is 0 Å². The molecule has 2 fully saturated rings. The smallest absolute Gasteiger partial charge is 0.0593 e. The molecule has 0 spiro atoms. The van der Waals surface area contributed by atoms with Crippen LogP contribution in [0.5, 0.6) is 0 Å². The summed E-state index contributed by atoms with van der Waals surface area (Å²) in [5.74, 6) is 0. The molecule has 0 saturated carbocycles. The van der Waals surface area contributed by atoms with Gasteiger partial charge in [0, 0.05) is 46.0 Å². The third-order valence-electron chi connectivity index (χ3n) is 4.18. The Hall–Kier alpha value is -0.160. The van der Waals surface area contributed by atoms with Crippen molar-refractivity contribution in [3.63, 3.8) is 0 Å². The lowest BCUT2D eigenvalue weighted by molar-refractivity contribution is -0.00437. The molecule has 18 heavy (non-hydrogen) atoms. The molecular weight excluding hydrogens is 228 g/mol. The monoisotopic (exact) mass is 256 g/mol. The molecule has 0 aromatic heterocycles. The first kappa shape index (κ1) is 14.3. The lowest BCUT2D eigenvalue weighted by Gasteiger charge is -2.41. The maximum atomic E-state index is 5.55. The Kier molecular flexibility index (Phi) is 5.89. The molecule has 4 nitrogen and oxygen atoms in total. The second-order valence-electron chi connectivity index (χ2n) is 5.63. The summed E-state index contributed by atoms with van der Waals surface area (Å²) in [5, 5.41) is 3.55. The predicted octanol–water partition coefficient (Wildman–Crippen LogP) is 1.12. The van der Waals surface area contributed by atoms with E-state index < -0.39 is 0 Å². The molecule has 0 aromatic carbocycles. The van der Waals surface area contributed by atoms with Crippen LogP contribution in [-0.2, 0) is 9.47 Å². The second kappa shape index (κ2) is 7.43. The highest BCUT2D eigenvalue weighted by atomic mass is 16.5. The van der Waals surface area contributed by atoms with E-state index in [1.807, 2.05) is 0 Å². The number of hydrogen-bond acceptors (Lipinski definition) is 4. The van der Waals surface area contributed by atoms with Gasteiger partial charge in [-0.1, -0.05) is 6.92 Å². The molecule has 0 bridgehead atoms. The fraction of sp³-hybridized carbons (Fsp3) is 1.00. The Morgan fingerprint density at radius 3 is 2.61 bits per heavy atom. The first-order valence-corrected chi connectivity index (χ1v) is 7.43. The van der Waals surface area contributed by atoms with Gasteiger partial charge in [0.1, 0.15) is 0 Å². The van der Waals surface area contributed by atoms with Crippen LogP contribution in [0.3, 0.4) is 0 Å². The van der Waals surface area contributed by atoms with Crippen LogP contribution < -0.4 is 5.32 Å². The Balaban J connectivity index is 1.90. The van der Waals surface area contributed by atoms with Crippen molar-refractivity contribution in [1.29, 1.82) is 0 Å². The maximum Gasteiger partial charge on any atom is 0.0593 e. The van der Waals surface area contributed by atoms with Gasteiger partial charge in [0.15, 0.2) is 0 Å². The van der Waals surface area contributed by atoms with Crippen molar-refractivity contribution >= 4 is 0 Å². The van der Waals surface area contributed by atoms with Crippen molar-refractivity contribution < 1.29 is 9.47 Å². The highest BCUT2D eigenvalue weighted by Gasteiger charge is 2.34. The van der Waals surface area contributed by atoms with Gasteiger partial charge in [-0.3, -0.25) is 0 Å². The van der Waals surface area contributed by atoms with Crippen LogP contribution in [0.15, 0.2) is 0 Å². The Morgan fingerprint density at radius 1 is 1.06 bits per heavy atom. The average Bonchev–Trinajstić information content (AvgIpc) is 2.66. The zero-order chi connectivity index (χ0) is 12.7. The second-order valence-corrected chi connectivity index (χ2v) is 5.63. The fourth-order valence-electron chi connectivity index (χ4n) is 3.02. The molecule has 2 heterocycles. The van der Waals surface area contributed by atoms with E-state index in [-0.39, 0.29) is 0 Å². The third-order valence-corrected chi connectivity index (χ3v) is 4.18. The van der Waals surface area contributed by atoms with E-state index in [9.17, 15) is 0 Å². The van der Waals surface area contributed by atoms with Crippen LogP contribution in [0.1, 0.15) is 26.2 Å². The summed E-state index contributed by atoms with van der Waals surface area (Å²) in [6.07, 6.45) is 3.56. The van der Waals surface area contributed by atoms with E-state index in [2.05, 4.69) is 17.1 Å². The SMILES string of the molecule is CCNCC1(CN2CCCOCC2)CCOCC1. The van der Waals surface area contributed by atoms with Crippen molar-refractivity contribution in [2.45, 2.75) is 26.2 Å². The number of ether oxygens (including phenoxy) is 2. The van der Waals surface area contributed by atoms with Crippen molar-refractivity contribution in [1.82, 2.24) is 10.2 Å². The fourth-order valence-corrected chi connectivity index (χ4v) is 3.02. The number of rotatable bonds is 5. The molecule has 2 saturated heterocycles. The van der Waals surface area contributed by atoms with Gasteiger partial charge >= 0.3 is 0 Å². The molecule has 0 amide bonds. The Bertz CT molecular complexity index is 222. The minimum Gasteiger partial charge on any atom is -0.381 e. The third kappa shape index (κ3) is 4.19. The predicted molar refractivity (Wildman–Crippen MR) is 72.9 cm³/mol. The van der Waals surface area contributed by atoms with E-state index in [1.165, 1.54) is 32.4 Å². The van der Waals surface area contributed by atoms with E-state index in [0.717, 1.165) is 46.1 Å². The highest BCUT2D eigenvalue weighted by Crippen LogP contribution is 2.31. The quantitative estimate of drug-likeness (QED) is 0.799. The lowest BCUT2D eigenvalue weighted by Crippen LogP contribution is -2.48. The molecule has 2 rings (SSSR count). The van der Waals surface area contributed by atoms with Gasteiger partial charge in [-0.05, 0) is 31.2 Å². The van der Waals surface area contributed by atoms with Crippen LogP contribution in [0.25, 0.3) is 0 Å². The summed E-state index contributed by atoms with van der Waals surface area (Å²) in [7, 11) is 0. The van der Waals surface area contributed by atoms with Gasteiger partial charge in [0.25, 0.3) is 0 Å². The number of hydrogen-bond donors (Lipinski definition) is 1. The van der Waals surface area contributed by atoms with Crippen molar-refractivity contribution in [2.75, 3.05) is 59.2 Å². The molecule has 106 valence electrons. The summed E-state index contributed by atoms with van der Waals surface area (Å²) in [6.45, 7) is 11.5. The highest BCUT2D eigenvalue weighted by molar-refractivity contribution is 4.87. The van der Waals surface area contributed by atoms with Gasteiger partial charge in [0.2, 0.25) is 0 Å². The molecule has 0 unspecified atom stereocenters. The van der Waals surface area contributed by atoms with E-state index in [0.29, 0.717) is 5.41 Å². The van der Waals surface area contributed by atoms with E-state index in [4.69, 9.17) is 9.47 Å². The topological polar surface area (TPSA) is 33.7 Å². The molecule has 2 aliphatic heterocycles. The summed E-state index contributed by atoms with van der Waals surface area (Å²) < 4.78 is 11.1. The van der Waals surface area contributed by atoms with E-state index >= 15 is 0 Å².